The predicted molar refractivity (Wildman–Crippen MR) is 60.5 cm³/mol. The zero-order valence-corrected chi connectivity index (χ0v) is 9.37. The maximum Gasteiger partial charge on any atom is 0.223 e. The number of rotatable bonds is 4. The van der Waals surface area contributed by atoms with Gasteiger partial charge in [0.15, 0.2) is 0 Å². The first-order chi connectivity index (χ1) is 7.66. The summed E-state index contributed by atoms with van der Waals surface area (Å²) in [6.45, 7) is 2.65. The van der Waals surface area contributed by atoms with Crippen LogP contribution in [0.25, 0.3) is 0 Å². The summed E-state index contributed by atoms with van der Waals surface area (Å²) >= 11 is 0. The second-order valence-electron chi connectivity index (χ2n) is 4.47. The van der Waals surface area contributed by atoms with Gasteiger partial charge in [0.25, 0.3) is 0 Å². The summed E-state index contributed by atoms with van der Waals surface area (Å²) in [7, 11) is 0. The van der Waals surface area contributed by atoms with Gasteiger partial charge in [-0.15, -0.1) is 0 Å². The topological polar surface area (TPSA) is 29.1 Å². The van der Waals surface area contributed by atoms with E-state index in [9.17, 15) is 9.18 Å². The fourth-order valence-corrected chi connectivity index (χ4v) is 1.65. The molecule has 1 amide bonds. The van der Waals surface area contributed by atoms with Crippen LogP contribution < -0.4 is 5.32 Å². The largest absolute Gasteiger partial charge is 0.355 e. The van der Waals surface area contributed by atoms with Crippen LogP contribution >= 0.6 is 0 Å². The third-order valence-corrected chi connectivity index (χ3v) is 2.97. The van der Waals surface area contributed by atoms with Gasteiger partial charge in [-0.25, -0.2) is 4.39 Å². The van der Waals surface area contributed by atoms with Gasteiger partial charge in [0, 0.05) is 12.5 Å². The third-order valence-electron chi connectivity index (χ3n) is 2.97. The van der Waals surface area contributed by atoms with E-state index in [-0.39, 0.29) is 23.6 Å². The highest BCUT2D eigenvalue weighted by atomic mass is 19.1. The Hall–Kier alpha value is -1.38. The van der Waals surface area contributed by atoms with E-state index >= 15 is 0 Å². The van der Waals surface area contributed by atoms with Crippen molar-refractivity contribution in [3.63, 3.8) is 0 Å². The Labute approximate surface area is 94.9 Å². The minimum absolute atomic E-state index is 0.161. The Morgan fingerprint density at radius 1 is 1.44 bits per heavy atom. The van der Waals surface area contributed by atoms with Gasteiger partial charge >= 0.3 is 0 Å². The predicted octanol–water partition coefficient (Wildman–Crippen LogP) is 2.46. The van der Waals surface area contributed by atoms with Crippen molar-refractivity contribution >= 4 is 5.91 Å². The second-order valence-corrected chi connectivity index (χ2v) is 4.47. The highest BCUT2D eigenvalue weighted by Gasteiger charge is 2.29. The first-order valence-electron chi connectivity index (χ1n) is 5.70. The molecule has 16 heavy (non-hydrogen) atoms. The van der Waals surface area contributed by atoms with Crippen LogP contribution in [0.15, 0.2) is 24.3 Å². The fourth-order valence-electron chi connectivity index (χ4n) is 1.65. The number of hydrogen-bond acceptors (Lipinski definition) is 1. The van der Waals surface area contributed by atoms with Crippen molar-refractivity contribution in [1.29, 1.82) is 0 Å². The molecule has 1 aliphatic carbocycles. The van der Waals surface area contributed by atoms with Crippen LogP contribution in [0.1, 0.15) is 31.2 Å². The van der Waals surface area contributed by atoms with Crippen molar-refractivity contribution in [2.75, 3.05) is 6.54 Å². The smallest absolute Gasteiger partial charge is 0.223 e. The Balaban J connectivity index is 1.84. The minimum Gasteiger partial charge on any atom is -0.355 e. The number of nitrogens with one attached hydrogen (secondary N) is 1. The summed E-state index contributed by atoms with van der Waals surface area (Å²) in [4.78, 5) is 11.4. The van der Waals surface area contributed by atoms with Crippen LogP contribution in [0, 0.1) is 11.7 Å². The summed E-state index contributed by atoms with van der Waals surface area (Å²) < 4.78 is 12.7. The standard InChI is InChI=1S/C13H16FNO/c1-9(8-15-13(16)11-2-3-11)10-4-6-12(14)7-5-10/h4-7,9,11H,2-3,8H2,1H3,(H,15,16). The van der Waals surface area contributed by atoms with Gasteiger partial charge < -0.3 is 5.32 Å². The first kappa shape index (κ1) is 11.1. The molecule has 1 aromatic rings. The number of hydrogen-bond donors (Lipinski definition) is 1. The summed E-state index contributed by atoms with van der Waals surface area (Å²) in [5.41, 5.74) is 1.05. The molecule has 2 rings (SSSR count). The van der Waals surface area contributed by atoms with Crippen molar-refractivity contribution in [2.45, 2.75) is 25.7 Å². The lowest BCUT2D eigenvalue weighted by molar-refractivity contribution is -0.122. The third kappa shape index (κ3) is 2.81. The average Bonchev–Trinajstić information content (AvgIpc) is 3.10. The van der Waals surface area contributed by atoms with Crippen molar-refractivity contribution in [2.24, 2.45) is 5.92 Å². The van der Waals surface area contributed by atoms with Gasteiger partial charge in [0.2, 0.25) is 5.91 Å². The molecule has 0 aromatic heterocycles. The van der Waals surface area contributed by atoms with Crippen molar-refractivity contribution in [3.05, 3.63) is 35.6 Å². The molecule has 0 aliphatic heterocycles. The van der Waals surface area contributed by atoms with Crippen LogP contribution in [0.5, 0.6) is 0 Å². The van der Waals surface area contributed by atoms with Crippen LogP contribution in [0.3, 0.4) is 0 Å². The van der Waals surface area contributed by atoms with E-state index in [0.717, 1.165) is 18.4 Å². The van der Waals surface area contributed by atoms with Crippen molar-refractivity contribution in [3.8, 4) is 0 Å². The molecule has 0 spiro atoms. The Kier molecular flexibility index (Phi) is 3.22. The molecule has 86 valence electrons. The van der Waals surface area contributed by atoms with E-state index in [0.29, 0.717) is 6.54 Å². The molecule has 1 atom stereocenters. The van der Waals surface area contributed by atoms with Gasteiger partial charge in [-0.3, -0.25) is 4.79 Å². The molecule has 0 saturated heterocycles. The number of benzene rings is 1. The number of carbonyl (C=O) groups excluding carboxylic acids is 1. The van der Waals surface area contributed by atoms with Gasteiger partial charge in [-0.05, 0) is 36.5 Å². The van der Waals surface area contributed by atoms with Gasteiger partial charge in [-0.2, -0.15) is 0 Å². The normalized spacial score (nSPS) is 16.9. The molecule has 0 radical (unpaired) electrons. The maximum atomic E-state index is 12.7. The molecular formula is C13H16FNO. The highest BCUT2D eigenvalue weighted by molar-refractivity contribution is 5.80. The van der Waals surface area contributed by atoms with Crippen LogP contribution in [-0.4, -0.2) is 12.5 Å². The van der Waals surface area contributed by atoms with E-state index in [2.05, 4.69) is 5.32 Å². The Bertz CT molecular complexity index is 370. The minimum atomic E-state index is -0.224. The van der Waals surface area contributed by atoms with Gasteiger partial charge in [-0.1, -0.05) is 19.1 Å². The molecule has 1 aliphatic rings. The van der Waals surface area contributed by atoms with Gasteiger partial charge in [0.05, 0.1) is 0 Å². The van der Waals surface area contributed by atoms with Gasteiger partial charge in [0.1, 0.15) is 5.82 Å². The second kappa shape index (κ2) is 4.64. The summed E-state index contributed by atoms with van der Waals surface area (Å²) in [6, 6.07) is 6.44. The lowest BCUT2D eigenvalue weighted by Crippen LogP contribution is -2.28. The van der Waals surface area contributed by atoms with Crippen LogP contribution in [-0.2, 0) is 4.79 Å². The zero-order chi connectivity index (χ0) is 11.5. The van der Waals surface area contributed by atoms with E-state index in [1.54, 1.807) is 12.1 Å². The molecular weight excluding hydrogens is 205 g/mol. The first-order valence-corrected chi connectivity index (χ1v) is 5.70. The molecule has 1 saturated carbocycles. The van der Waals surface area contributed by atoms with Crippen molar-refractivity contribution in [1.82, 2.24) is 5.32 Å². The lowest BCUT2D eigenvalue weighted by atomic mass is 10.0. The number of halogens is 1. The molecule has 1 fully saturated rings. The van der Waals surface area contributed by atoms with E-state index in [1.807, 2.05) is 6.92 Å². The molecule has 0 bridgehead atoms. The summed E-state index contributed by atoms with van der Waals surface area (Å²) in [5, 5.41) is 2.92. The average molecular weight is 221 g/mol. The molecule has 2 nitrogen and oxygen atoms in total. The fraction of sp³-hybridized carbons (Fsp3) is 0.462. The monoisotopic (exact) mass is 221 g/mol. The molecule has 1 aromatic carbocycles. The highest BCUT2D eigenvalue weighted by Crippen LogP contribution is 2.28. The molecule has 3 heteroatoms. The van der Waals surface area contributed by atoms with Crippen molar-refractivity contribution < 1.29 is 9.18 Å². The molecule has 0 heterocycles. The zero-order valence-electron chi connectivity index (χ0n) is 9.37. The van der Waals surface area contributed by atoms with E-state index < -0.39 is 0 Å². The Morgan fingerprint density at radius 2 is 2.06 bits per heavy atom. The lowest BCUT2D eigenvalue weighted by Gasteiger charge is -2.12. The SMILES string of the molecule is CC(CNC(=O)C1CC1)c1ccc(F)cc1. The number of carbonyl (C=O) groups is 1. The van der Waals surface area contributed by atoms with E-state index in [1.165, 1.54) is 12.1 Å². The van der Waals surface area contributed by atoms with Crippen LogP contribution in [0.2, 0.25) is 0 Å². The Morgan fingerprint density at radius 3 is 2.62 bits per heavy atom. The number of amides is 1. The van der Waals surface area contributed by atoms with Crippen LogP contribution in [0.4, 0.5) is 4.39 Å². The molecule has 1 N–H and O–H groups in total. The summed E-state index contributed by atoms with van der Waals surface area (Å²) in [6.07, 6.45) is 2.05. The van der Waals surface area contributed by atoms with E-state index in [4.69, 9.17) is 0 Å². The molecule has 1 unspecified atom stereocenters. The maximum absolute atomic E-state index is 12.7. The quantitative estimate of drug-likeness (QED) is 0.831. The summed E-state index contributed by atoms with van der Waals surface area (Å²) in [5.74, 6) is 0.413.